The van der Waals surface area contributed by atoms with E-state index in [1.54, 1.807) is 18.3 Å². The molecule has 39 heavy (non-hydrogen) atoms. The average Bonchev–Trinajstić information content (AvgIpc) is 3.32. The number of sulfonamides is 1. The molecule has 0 spiro atoms. The van der Waals surface area contributed by atoms with Crippen LogP contribution in [0.5, 0.6) is 5.75 Å². The lowest BCUT2D eigenvalue weighted by molar-refractivity contribution is -0.0249. The zero-order chi connectivity index (χ0) is 27.7. The number of nitrogens with zero attached hydrogens (tertiary/aromatic N) is 2. The number of hydrogen-bond acceptors (Lipinski definition) is 7. The molecule has 1 aliphatic heterocycles. The van der Waals surface area contributed by atoms with Crippen molar-refractivity contribution in [3.63, 3.8) is 0 Å². The number of aryl methyl sites for hydroxylation is 1. The van der Waals surface area contributed by atoms with Gasteiger partial charge in [-0.15, -0.1) is 0 Å². The molecule has 1 aliphatic rings. The zero-order valence-corrected chi connectivity index (χ0v) is 22.6. The third kappa shape index (κ3) is 5.49. The van der Waals surface area contributed by atoms with Crippen LogP contribution in [0.2, 0.25) is 5.02 Å². The van der Waals surface area contributed by atoms with Gasteiger partial charge in [0.25, 0.3) is 5.91 Å². The molecule has 5 rings (SSSR count). The maximum absolute atomic E-state index is 13.7. The maximum Gasteiger partial charge on any atom is 0.266 e. The smallest absolute Gasteiger partial charge is 0.266 e. The molecule has 0 unspecified atom stereocenters. The van der Waals surface area contributed by atoms with Crippen LogP contribution in [0.15, 0.2) is 59.6 Å². The molecule has 2 aromatic carbocycles. The van der Waals surface area contributed by atoms with Gasteiger partial charge in [-0.05, 0) is 66.1 Å². The number of carbonyl (C=O) groups is 1. The van der Waals surface area contributed by atoms with Crippen LogP contribution in [0.3, 0.4) is 0 Å². The number of nitrogens with one attached hydrogen (secondary N) is 1. The van der Waals surface area contributed by atoms with Gasteiger partial charge in [0, 0.05) is 35.2 Å². The van der Waals surface area contributed by atoms with Gasteiger partial charge in [0.05, 0.1) is 18.9 Å². The summed E-state index contributed by atoms with van der Waals surface area (Å²) in [7, 11) is -4.12. The third-order valence-corrected chi connectivity index (χ3v) is 8.77. The van der Waals surface area contributed by atoms with E-state index in [-0.39, 0.29) is 43.5 Å². The van der Waals surface area contributed by atoms with Gasteiger partial charge >= 0.3 is 0 Å². The number of amides is 1. The SMILES string of the molecule is Cc1cc(OC[C@@H]2CN(S(=O)(=O)c3c(C(N)=O)[nH]c4ccc(Cl)cc34)CCO2)ccc1-c1ccnc(CO)c1. The molecule has 12 heteroatoms. The largest absolute Gasteiger partial charge is 0.491 e. The molecule has 0 radical (unpaired) electrons. The number of hydrogen-bond donors (Lipinski definition) is 3. The van der Waals surface area contributed by atoms with E-state index < -0.39 is 22.0 Å². The highest BCUT2D eigenvalue weighted by Crippen LogP contribution is 2.32. The second-order valence-corrected chi connectivity index (χ2v) is 11.5. The van der Waals surface area contributed by atoms with E-state index in [0.717, 1.165) is 16.7 Å². The van der Waals surface area contributed by atoms with Gasteiger partial charge in [0.2, 0.25) is 10.0 Å². The van der Waals surface area contributed by atoms with Crippen molar-refractivity contribution in [1.82, 2.24) is 14.3 Å². The molecule has 1 fully saturated rings. The van der Waals surface area contributed by atoms with Crippen LogP contribution in [0.1, 0.15) is 21.7 Å². The Morgan fingerprint density at radius 2 is 2.08 bits per heavy atom. The van der Waals surface area contributed by atoms with E-state index >= 15 is 0 Å². The van der Waals surface area contributed by atoms with Crippen LogP contribution in [0.4, 0.5) is 0 Å². The first-order chi connectivity index (χ1) is 18.7. The molecule has 0 saturated carbocycles. The predicted octanol–water partition coefficient (Wildman–Crippen LogP) is 3.25. The molecule has 1 atom stereocenters. The van der Waals surface area contributed by atoms with Crippen molar-refractivity contribution in [2.24, 2.45) is 5.73 Å². The number of ether oxygens (including phenoxy) is 2. The van der Waals surface area contributed by atoms with Crippen molar-refractivity contribution in [2.45, 2.75) is 24.5 Å². The van der Waals surface area contributed by atoms with Crippen molar-refractivity contribution in [1.29, 1.82) is 0 Å². The summed E-state index contributed by atoms with van der Waals surface area (Å²) < 4.78 is 40.5. The Balaban J connectivity index is 1.32. The van der Waals surface area contributed by atoms with Crippen molar-refractivity contribution >= 4 is 38.4 Å². The number of benzene rings is 2. The second kappa shape index (κ2) is 10.9. The van der Waals surface area contributed by atoms with E-state index in [0.29, 0.717) is 27.4 Å². The lowest BCUT2D eigenvalue weighted by atomic mass is 10.0. The van der Waals surface area contributed by atoms with Gasteiger partial charge < -0.3 is 25.3 Å². The number of H-pyrrole nitrogens is 1. The Labute approximate surface area is 230 Å². The summed E-state index contributed by atoms with van der Waals surface area (Å²) >= 11 is 6.12. The molecule has 204 valence electrons. The van der Waals surface area contributed by atoms with E-state index in [4.69, 9.17) is 26.8 Å². The summed E-state index contributed by atoms with van der Waals surface area (Å²) in [4.78, 5) is 18.9. The molecule has 1 saturated heterocycles. The van der Waals surface area contributed by atoms with Gasteiger partial charge in [-0.25, -0.2) is 8.42 Å². The van der Waals surface area contributed by atoms with Crippen molar-refractivity contribution in [3.8, 4) is 16.9 Å². The van der Waals surface area contributed by atoms with Crippen LogP contribution >= 0.6 is 11.6 Å². The number of aliphatic hydroxyl groups is 1. The second-order valence-electron chi connectivity index (χ2n) is 9.22. The first kappa shape index (κ1) is 27.1. The fourth-order valence-corrected chi connectivity index (χ4v) is 6.66. The van der Waals surface area contributed by atoms with Crippen LogP contribution in [0, 0.1) is 6.92 Å². The Morgan fingerprint density at radius 1 is 1.26 bits per heavy atom. The predicted molar refractivity (Wildman–Crippen MR) is 146 cm³/mol. The van der Waals surface area contributed by atoms with Gasteiger partial charge in [-0.1, -0.05) is 17.7 Å². The minimum Gasteiger partial charge on any atom is -0.491 e. The first-order valence-electron chi connectivity index (χ1n) is 12.2. The summed E-state index contributed by atoms with van der Waals surface area (Å²) in [5, 5.41) is 10.0. The lowest BCUT2D eigenvalue weighted by Gasteiger charge is -2.32. The standard InChI is InChI=1S/C27H27ClN4O6S/c1-16-10-20(3-4-22(16)17-6-7-30-19(11-17)14-33)38-15-21-13-32(8-9-37-21)39(35,36)26-23-12-18(28)2-5-24(23)31-25(26)27(29)34/h2-7,10-12,21,31,33H,8-9,13-15H2,1H3,(H2,29,34)/t21-/m0/s1. The molecular formula is C27H27ClN4O6S. The third-order valence-electron chi connectivity index (χ3n) is 6.58. The van der Waals surface area contributed by atoms with Crippen LogP contribution < -0.4 is 10.5 Å². The monoisotopic (exact) mass is 570 g/mol. The minimum absolute atomic E-state index is 0.0335. The minimum atomic E-state index is -4.12. The number of carbonyl (C=O) groups excluding carboxylic acids is 1. The van der Waals surface area contributed by atoms with E-state index in [1.807, 2.05) is 37.3 Å². The van der Waals surface area contributed by atoms with Crippen molar-refractivity contribution in [3.05, 3.63) is 76.7 Å². The highest BCUT2D eigenvalue weighted by molar-refractivity contribution is 7.89. The summed E-state index contributed by atoms with van der Waals surface area (Å²) in [5.74, 6) is -0.272. The molecule has 0 aliphatic carbocycles. The Hall–Kier alpha value is -3.48. The summed E-state index contributed by atoms with van der Waals surface area (Å²) in [6.07, 6.45) is 1.12. The highest BCUT2D eigenvalue weighted by atomic mass is 35.5. The van der Waals surface area contributed by atoms with Crippen LogP contribution in [-0.2, 0) is 21.4 Å². The molecule has 0 bridgehead atoms. The molecule has 3 heterocycles. The molecule has 10 nitrogen and oxygen atoms in total. The number of primary amides is 1. The quantitative estimate of drug-likeness (QED) is 0.294. The fourth-order valence-electron chi connectivity index (χ4n) is 4.69. The number of morpholine rings is 1. The molecular weight excluding hydrogens is 544 g/mol. The number of pyridine rings is 1. The maximum atomic E-state index is 13.7. The summed E-state index contributed by atoms with van der Waals surface area (Å²) in [6.45, 7) is 2.24. The summed E-state index contributed by atoms with van der Waals surface area (Å²) in [5.41, 5.74) is 9.23. The Bertz CT molecular complexity index is 1660. The van der Waals surface area contributed by atoms with Crippen molar-refractivity contribution in [2.75, 3.05) is 26.3 Å². The van der Waals surface area contributed by atoms with Gasteiger partial charge in [0.1, 0.15) is 29.0 Å². The topological polar surface area (TPSA) is 148 Å². The van der Waals surface area contributed by atoms with Crippen LogP contribution in [-0.4, -0.2) is 66.1 Å². The number of aromatic nitrogens is 2. The lowest BCUT2D eigenvalue weighted by Crippen LogP contribution is -2.47. The number of halogens is 1. The van der Waals surface area contributed by atoms with E-state index in [9.17, 15) is 18.3 Å². The molecule has 1 amide bonds. The van der Waals surface area contributed by atoms with Crippen molar-refractivity contribution < 1.29 is 27.8 Å². The number of aliphatic hydroxyl groups excluding tert-OH is 1. The van der Waals surface area contributed by atoms with E-state index in [2.05, 4.69) is 9.97 Å². The first-order valence-corrected chi connectivity index (χ1v) is 14.0. The number of aromatic amines is 1. The van der Waals surface area contributed by atoms with Gasteiger partial charge in [-0.3, -0.25) is 9.78 Å². The fraction of sp³-hybridized carbons (Fsp3) is 0.259. The molecule has 4 N–H and O–H groups in total. The normalized spacial score (nSPS) is 16.4. The molecule has 4 aromatic rings. The highest BCUT2D eigenvalue weighted by Gasteiger charge is 2.36. The van der Waals surface area contributed by atoms with Gasteiger partial charge in [-0.2, -0.15) is 4.31 Å². The Kier molecular flexibility index (Phi) is 7.61. The number of fused-ring (bicyclic) bond motifs is 1. The number of rotatable bonds is 8. The molecule has 2 aromatic heterocycles. The number of nitrogens with two attached hydrogens (primary N) is 1. The zero-order valence-electron chi connectivity index (χ0n) is 21.1. The summed E-state index contributed by atoms with van der Waals surface area (Å²) in [6, 6.07) is 14.0. The van der Waals surface area contributed by atoms with E-state index in [1.165, 1.54) is 10.4 Å². The average molecular weight is 571 g/mol. The van der Waals surface area contributed by atoms with Gasteiger partial charge in [0.15, 0.2) is 0 Å². The Morgan fingerprint density at radius 3 is 2.82 bits per heavy atom. The van der Waals surface area contributed by atoms with Crippen LogP contribution in [0.25, 0.3) is 22.0 Å².